The fourth-order valence-electron chi connectivity index (χ4n) is 0.286. The van der Waals surface area contributed by atoms with Gasteiger partial charge in [-0.15, -0.1) is 0 Å². The van der Waals surface area contributed by atoms with E-state index in [9.17, 15) is 14.7 Å². The summed E-state index contributed by atoms with van der Waals surface area (Å²) >= 11 is 0. The van der Waals surface area contributed by atoms with Gasteiger partial charge < -0.3 is 9.90 Å². The van der Waals surface area contributed by atoms with Crippen LogP contribution in [0.5, 0.6) is 0 Å². The van der Waals surface area contributed by atoms with Crippen LogP contribution in [0.15, 0.2) is 0 Å². The summed E-state index contributed by atoms with van der Waals surface area (Å²) in [4.78, 5) is 19.8. The molecule has 0 heterocycles. The van der Waals surface area contributed by atoms with Crippen LogP contribution in [-0.2, 0) is 32.0 Å². The molecule has 4 heteroatoms. The first kappa shape index (κ1) is 11.6. The third-order valence-electron chi connectivity index (χ3n) is 0.736. The molecule has 0 aromatic rings. The third-order valence-corrected chi connectivity index (χ3v) is 0.736. The Morgan fingerprint density at radius 1 is 1.44 bits per heavy atom. The summed E-state index contributed by atoms with van der Waals surface area (Å²) in [5, 5.41) is 9.64. The summed E-state index contributed by atoms with van der Waals surface area (Å²) in [6.07, 6.45) is -0.176. The largest absolute Gasteiger partial charge is 1.00 e. The van der Waals surface area contributed by atoms with Gasteiger partial charge in [0.1, 0.15) is 5.78 Å². The summed E-state index contributed by atoms with van der Waals surface area (Å²) in [7, 11) is 0. The first-order valence-electron chi connectivity index (χ1n) is 2.38. The van der Waals surface area contributed by atoms with Gasteiger partial charge in [0.25, 0.3) is 0 Å². The predicted octanol–water partition coefficient (Wildman–Crippen LogP) is -0.897. The monoisotopic (exact) mass is 222 g/mol. The molecule has 0 aromatic carbocycles. The summed E-state index contributed by atoms with van der Waals surface area (Å²) in [6, 6.07) is 0. The molecular weight excluding hydrogens is 216 g/mol. The van der Waals surface area contributed by atoms with Crippen LogP contribution >= 0.6 is 0 Å². The van der Waals surface area contributed by atoms with E-state index in [0.29, 0.717) is 0 Å². The number of carboxylic acid groups (broad SMARTS) is 1. The maximum absolute atomic E-state index is 10.2. The number of hydrogen-bond donors (Lipinski definition) is 0. The normalized spacial score (nSPS) is 7.67. The summed E-state index contributed by atoms with van der Waals surface area (Å²) in [5.41, 5.74) is 0. The van der Waals surface area contributed by atoms with E-state index in [0.717, 1.165) is 0 Å². The minimum absolute atomic E-state index is 0. The summed E-state index contributed by atoms with van der Waals surface area (Å²) in [5.74, 6) is -1.58. The molecule has 0 unspecified atom stereocenters. The van der Waals surface area contributed by atoms with Crippen LogP contribution in [0.25, 0.3) is 0 Å². The standard InChI is InChI=1S/C5H8O3.Ag/c1-2-4(6)3-5(7)8;/h2-3H2,1H3,(H,7,8);/q;+1/p-1. The zero-order valence-corrected chi connectivity index (χ0v) is 6.42. The Morgan fingerprint density at radius 3 is 2.00 bits per heavy atom. The average Bonchev–Trinajstić information content (AvgIpc) is 1.65. The van der Waals surface area contributed by atoms with Crippen molar-refractivity contribution >= 4 is 11.8 Å². The van der Waals surface area contributed by atoms with E-state index in [1.807, 2.05) is 0 Å². The van der Waals surface area contributed by atoms with E-state index in [2.05, 4.69) is 0 Å². The smallest absolute Gasteiger partial charge is 0.550 e. The maximum Gasteiger partial charge on any atom is 1.00 e. The van der Waals surface area contributed by atoms with Crippen LogP contribution in [-0.4, -0.2) is 11.8 Å². The van der Waals surface area contributed by atoms with Gasteiger partial charge in [-0.25, -0.2) is 0 Å². The van der Waals surface area contributed by atoms with Gasteiger partial charge in [-0.05, 0) is 0 Å². The Bertz CT molecular complexity index is 111. The van der Waals surface area contributed by atoms with Crippen molar-refractivity contribution in [3.8, 4) is 0 Å². The molecule has 0 N–H and O–H groups in total. The number of carbonyl (C=O) groups is 2. The first-order valence-corrected chi connectivity index (χ1v) is 2.38. The van der Waals surface area contributed by atoms with Crippen molar-refractivity contribution in [2.24, 2.45) is 0 Å². The van der Waals surface area contributed by atoms with E-state index in [4.69, 9.17) is 0 Å². The van der Waals surface area contributed by atoms with Crippen molar-refractivity contribution in [1.29, 1.82) is 0 Å². The Morgan fingerprint density at radius 2 is 1.89 bits per heavy atom. The number of carbonyl (C=O) groups excluding carboxylic acids is 2. The van der Waals surface area contributed by atoms with Gasteiger partial charge >= 0.3 is 22.4 Å². The molecule has 3 nitrogen and oxygen atoms in total. The average molecular weight is 223 g/mol. The maximum atomic E-state index is 10.2. The minimum Gasteiger partial charge on any atom is -0.550 e. The molecular formula is C5H7AgO3. The molecule has 0 amide bonds. The van der Waals surface area contributed by atoms with Crippen molar-refractivity contribution in [2.75, 3.05) is 0 Å². The molecule has 0 fully saturated rings. The van der Waals surface area contributed by atoms with Crippen molar-refractivity contribution in [2.45, 2.75) is 19.8 Å². The predicted molar refractivity (Wildman–Crippen MR) is 24.9 cm³/mol. The molecule has 0 radical (unpaired) electrons. The van der Waals surface area contributed by atoms with Crippen molar-refractivity contribution in [3.63, 3.8) is 0 Å². The van der Waals surface area contributed by atoms with Gasteiger partial charge in [-0.3, -0.25) is 4.79 Å². The molecule has 0 spiro atoms. The number of hydrogen-bond acceptors (Lipinski definition) is 3. The van der Waals surface area contributed by atoms with E-state index < -0.39 is 12.4 Å². The van der Waals surface area contributed by atoms with Crippen LogP contribution in [0.1, 0.15) is 19.8 Å². The van der Waals surface area contributed by atoms with Crippen LogP contribution in [0.2, 0.25) is 0 Å². The zero-order valence-electron chi connectivity index (χ0n) is 4.94. The Balaban J connectivity index is 0. The third kappa shape index (κ3) is 7.88. The molecule has 0 aromatic heterocycles. The van der Waals surface area contributed by atoms with Crippen molar-refractivity contribution < 1.29 is 37.1 Å². The van der Waals surface area contributed by atoms with Crippen LogP contribution < -0.4 is 5.11 Å². The fourth-order valence-corrected chi connectivity index (χ4v) is 0.286. The van der Waals surface area contributed by atoms with Gasteiger partial charge in [0.2, 0.25) is 0 Å². The zero-order chi connectivity index (χ0) is 6.57. The summed E-state index contributed by atoms with van der Waals surface area (Å²) in [6.45, 7) is 1.62. The van der Waals surface area contributed by atoms with Crippen LogP contribution in [0.3, 0.4) is 0 Å². The quantitative estimate of drug-likeness (QED) is 0.460. The van der Waals surface area contributed by atoms with Gasteiger partial charge in [0.05, 0.1) is 0 Å². The Labute approximate surface area is 68.9 Å². The molecule has 0 aliphatic heterocycles. The van der Waals surface area contributed by atoms with E-state index in [1.165, 1.54) is 0 Å². The molecule has 0 bridgehead atoms. The second kappa shape index (κ2) is 6.01. The SMILES string of the molecule is CCC(=O)CC(=O)[O-].[Ag+]. The van der Waals surface area contributed by atoms with E-state index >= 15 is 0 Å². The Kier molecular flexibility index (Phi) is 7.78. The fraction of sp³-hybridized carbons (Fsp3) is 0.600. The first-order chi connectivity index (χ1) is 3.66. The van der Waals surface area contributed by atoms with Crippen molar-refractivity contribution in [1.82, 2.24) is 0 Å². The van der Waals surface area contributed by atoms with Gasteiger partial charge in [-0.2, -0.15) is 0 Å². The minimum atomic E-state index is -1.29. The molecule has 0 aliphatic carbocycles. The van der Waals surface area contributed by atoms with E-state index in [1.54, 1.807) is 6.92 Å². The molecule has 0 saturated carbocycles. The van der Waals surface area contributed by atoms with Crippen LogP contribution in [0, 0.1) is 0 Å². The topological polar surface area (TPSA) is 57.2 Å². The molecule has 0 rings (SSSR count). The second-order valence-electron chi connectivity index (χ2n) is 1.44. The van der Waals surface area contributed by atoms with Crippen LogP contribution in [0.4, 0.5) is 0 Å². The van der Waals surface area contributed by atoms with Gasteiger partial charge in [0, 0.05) is 18.8 Å². The summed E-state index contributed by atoms with van der Waals surface area (Å²) < 4.78 is 0. The molecule has 9 heavy (non-hydrogen) atoms. The van der Waals surface area contributed by atoms with Gasteiger partial charge in [-0.1, -0.05) is 6.92 Å². The molecule has 0 aliphatic rings. The molecule has 0 atom stereocenters. The second-order valence-corrected chi connectivity index (χ2v) is 1.44. The number of Topliss-reactive ketones (excluding diaryl/α,β-unsaturated/α-hetero) is 1. The van der Waals surface area contributed by atoms with Crippen molar-refractivity contribution in [3.05, 3.63) is 0 Å². The van der Waals surface area contributed by atoms with E-state index in [-0.39, 0.29) is 34.6 Å². The molecule has 0 saturated heterocycles. The number of ketones is 1. The number of aliphatic carboxylic acids is 1. The number of carboxylic acids is 1. The Hall–Kier alpha value is -0.120. The molecule has 56 valence electrons. The number of rotatable bonds is 3. The van der Waals surface area contributed by atoms with Gasteiger partial charge in [0.15, 0.2) is 0 Å².